The first kappa shape index (κ1) is 19.2. The minimum atomic E-state index is -1.23. The van der Waals surface area contributed by atoms with E-state index in [-0.39, 0.29) is 18.7 Å². The van der Waals surface area contributed by atoms with Gasteiger partial charge in [0.25, 0.3) is 6.01 Å². The van der Waals surface area contributed by atoms with Gasteiger partial charge in [0.1, 0.15) is 17.9 Å². The van der Waals surface area contributed by atoms with Crippen molar-refractivity contribution in [2.75, 3.05) is 25.0 Å². The SMILES string of the molecule is O=C(O)NC/C(=C\F)COc1ccc2nc(NCCc3ccccc3)oc2c1. The number of fused-ring (bicyclic) bond motifs is 1. The van der Waals surface area contributed by atoms with Crippen molar-refractivity contribution in [1.29, 1.82) is 0 Å². The van der Waals surface area contributed by atoms with Crippen LogP contribution in [0.25, 0.3) is 11.1 Å². The summed E-state index contributed by atoms with van der Waals surface area (Å²) in [5.74, 6) is 0.467. The zero-order valence-corrected chi connectivity index (χ0v) is 15.0. The van der Waals surface area contributed by atoms with E-state index in [9.17, 15) is 9.18 Å². The van der Waals surface area contributed by atoms with Crippen LogP contribution in [0.15, 0.2) is 64.9 Å². The number of nitrogens with zero attached hydrogens (tertiary/aromatic N) is 1. The van der Waals surface area contributed by atoms with Crippen LogP contribution in [0.2, 0.25) is 0 Å². The Bertz CT molecular complexity index is 956. The van der Waals surface area contributed by atoms with Gasteiger partial charge in [-0.3, -0.25) is 0 Å². The molecule has 0 saturated heterocycles. The zero-order chi connectivity index (χ0) is 19.8. The van der Waals surface area contributed by atoms with Crippen LogP contribution in [0.1, 0.15) is 5.56 Å². The fourth-order valence-electron chi connectivity index (χ4n) is 2.52. The molecular formula is C20H20FN3O4. The van der Waals surface area contributed by atoms with E-state index in [1.54, 1.807) is 18.2 Å². The number of nitrogens with one attached hydrogen (secondary N) is 2. The molecular weight excluding hydrogens is 365 g/mol. The maximum Gasteiger partial charge on any atom is 0.404 e. The Morgan fingerprint density at radius 1 is 1.25 bits per heavy atom. The van der Waals surface area contributed by atoms with Crippen molar-refractivity contribution < 1.29 is 23.4 Å². The Morgan fingerprint density at radius 3 is 2.82 bits per heavy atom. The topological polar surface area (TPSA) is 96.6 Å². The van der Waals surface area contributed by atoms with E-state index in [4.69, 9.17) is 14.3 Å². The van der Waals surface area contributed by atoms with Gasteiger partial charge in [-0.2, -0.15) is 4.98 Å². The monoisotopic (exact) mass is 385 g/mol. The number of rotatable bonds is 9. The number of oxazole rings is 1. The molecule has 0 unspecified atom stereocenters. The first-order chi connectivity index (χ1) is 13.6. The average molecular weight is 385 g/mol. The van der Waals surface area contributed by atoms with E-state index < -0.39 is 6.09 Å². The molecule has 0 bridgehead atoms. The Labute approximate surface area is 160 Å². The number of aromatic nitrogens is 1. The Balaban J connectivity index is 1.55. The number of benzene rings is 2. The summed E-state index contributed by atoms with van der Waals surface area (Å²) in [6.07, 6.45) is -0.0522. The van der Waals surface area contributed by atoms with Crippen molar-refractivity contribution in [3.63, 3.8) is 0 Å². The molecule has 3 N–H and O–H groups in total. The predicted molar refractivity (Wildman–Crippen MR) is 103 cm³/mol. The van der Waals surface area contributed by atoms with Crippen LogP contribution in [-0.2, 0) is 6.42 Å². The van der Waals surface area contributed by atoms with Crippen LogP contribution in [0, 0.1) is 0 Å². The molecule has 0 fully saturated rings. The third-order valence-corrected chi connectivity index (χ3v) is 3.94. The molecule has 7 nitrogen and oxygen atoms in total. The van der Waals surface area contributed by atoms with Crippen molar-refractivity contribution in [3.8, 4) is 5.75 Å². The molecule has 1 aromatic heterocycles. The number of carboxylic acid groups (broad SMARTS) is 1. The van der Waals surface area contributed by atoms with Gasteiger partial charge in [-0.15, -0.1) is 0 Å². The number of hydrogen-bond acceptors (Lipinski definition) is 5. The van der Waals surface area contributed by atoms with E-state index in [1.807, 2.05) is 18.2 Å². The number of ether oxygens (including phenoxy) is 1. The lowest BCUT2D eigenvalue weighted by Gasteiger charge is -2.08. The molecule has 3 aromatic rings. The van der Waals surface area contributed by atoms with Crippen LogP contribution in [0.4, 0.5) is 15.2 Å². The minimum Gasteiger partial charge on any atom is -0.489 e. The highest BCUT2D eigenvalue weighted by Crippen LogP contribution is 2.24. The highest BCUT2D eigenvalue weighted by atomic mass is 19.1. The Morgan fingerprint density at radius 2 is 2.07 bits per heavy atom. The summed E-state index contributed by atoms with van der Waals surface area (Å²) in [6, 6.07) is 15.6. The lowest BCUT2D eigenvalue weighted by Crippen LogP contribution is -2.25. The molecule has 0 aliphatic carbocycles. The zero-order valence-electron chi connectivity index (χ0n) is 15.0. The molecule has 2 aromatic carbocycles. The third-order valence-electron chi connectivity index (χ3n) is 3.94. The fraction of sp³-hybridized carbons (Fsp3) is 0.200. The van der Waals surface area contributed by atoms with E-state index in [0.717, 1.165) is 6.42 Å². The summed E-state index contributed by atoms with van der Waals surface area (Å²) in [5.41, 5.74) is 2.59. The van der Waals surface area contributed by atoms with Crippen LogP contribution in [0.5, 0.6) is 5.75 Å². The lowest BCUT2D eigenvalue weighted by molar-refractivity contribution is 0.195. The second-order valence-electron chi connectivity index (χ2n) is 6.03. The predicted octanol–water partition coefficient (Wildman–Crippen LogP) is 3.98. The first-order valence-corrected chi connectivity index (χ1v) is 8.70. The molecule has 0 radical (unpaired) electrons. The number of carbonyl (C=O) groups is 1. The Kier molecular flexibility index (Phi) is 6.46. The standard InChI is InChI=1S/C20H20FN3O4/c21-11-15(12-23-20(25)26)13-27-16-6-7-17-18(10-16)28-19(24-17)22-9-8-14-4-2-1-3-5-14/h1-7,10-11,23H,8-9,12-13H2,(H,22,24)(H,25,26)/b15-11+. The van der Waals surface area contributed by atoms with Crippen molar-refractivity contribution >= 4 is 23.2 Å². The van der Waals surface area contributed by atoms with E-state index in [1.165, 1.54) is 5.56 Å². The van der Waals surface area contributed by atoms with Crippen LogP contribution >= 0.6 is 0 Å². The van der Waals surface area contributed by atoms with Crippen molar-refractivity contribution in [1.82, 2.24) is 10.3 Å². The van der Waals surface area contributed by atoms with Crippen LogP contribution < -0.4 is 15.4 Å². The smallest absolute Gasteiger partial charge is 0.404 e. The molecule has 0 aliphatic rings. The second-order valence-corrected chi connectivity index (χ2v) is 6.03. The largest absolute Gasteiger partial charge is 0.489 e. The molecule has 0 atom stereocenters. The maximum atomic E-state index is 12.8. The van der Waals surface area contributed by atoms with Gasteiger partial charge in [0.05, 0.1) is 6.33 Å². The molecule has 0 saturated carbocycles. The van der Waals surface area contributed by atoms with Gasteiger partial charge in [-0.1, -0.05) is 30.3 Å². The van der Waals surface area contributed by atoms with Gasteiger partial charge in [-0.05, 0) is 24.1 Å². The van der Waals surface area contributed by atoms with E-state index in [0.29, 0.717) is 35.7 Å². The normalized spacial score (nSPS) is 11.4. The molecule has 0 aliphatic heterocycles. The molecule has 28 heavy (non-hydrogen) atoms. The number of hydrogen-bond donors (Lipinski definition) is 3. The van der Waals surface area contributed by atoms with Gasteiger partial charge >= 0.3 is 6.09 Å². The molecule has 0 spiro atoms. The summed E-state index contributed by atoms with van der Waals surface area (Å²) < 4.78 is 24.0. The van der Waals surface area contributed by atoms with Crippen LogP contribution in [-0.4, -0.2) is 35.9 Å². The molecule has 3 rings (SSSR count). The van der Waals surface area contributed by atoms with Gasteiger partial charge in [-0.25, -0.2) is 9.18 Å². The molecule has 1 amide bonds. The molecule has 1 heterocycles. The second kappa shape index (κ2) is 9.40. The minimum absolute atomic E-state index is 0.0847. The van der Waals surface area contributed by atoms with Crippen molar-refractivity contribution in [2.24, 2.45) is 0 Å². The van der Waals surface area contributed by atoms with E-state index in [2.05, 4.69) is 27.8 Å². The Hall–Kier alpha value is -3.55. The van der Waals surface area contributed by atoms with Gasteiger partial charge in [0.15, 0.2) is 5.58 Å². The van der Waals surface area contributed by atoms with Crippen LogP contribution in [0.3, 0.4) is 0 Å². The summed E-state index contributed by atoms with van der Waals surface area (Å²) >= 11 is 0. The third kappa shape index (κ3) is 5.47. The number of halogens is 1. The van der Waals surface area contributed by atoms with Gasteiger partial charge < -0.3 is 24.9 Å². The van der Waals surface area contributed by atoms with Gasteiger partial charge in [0, 0.05) is 24.7 Å². The summed E-state index contributed by atoms with van der Waals surface area (Å²) in [4.78, 5) is 14.8. The fourth-order valence-corrected chi connectivity index (χ4v) is 2.52. The quantitative estimate of drug-likeness (QED) is 0.516. The lowest BCUT2D eigenvalue weighted by atomic mass is 10.1. The van der Waals surface area contributed by atoms with Crippen molar-refractivity contribution in [2.45, 2.75) is 6.42 Å². The van der Waals surface area contributed by atoms with E-state index >= 15 is 0 Å². The summed E-state index contributed by atoms with van der Waals surface area (Å²) in [7, 11) is 0. The first-order valence-electron chi connectivity index (χ1n) is 8.70. The number of anilines is 1. The average Bonchev–Trinajstić information content (AvgIpc) is 3.10. The van der Waals surface area contributed by atoms with Gasteiger partial charge in [0.2, 0.25) is 0 Å². The number of amides is 1. The highest BCUT2D eigenvalue weighted by Gasteiger charge is 2.08. The molecule has 146 valence electrons. The summed E-state index contributed by atoms with van der Waals surface area (Å²) in [6.45, 7) is 0.450. The molecule has 8 heteroatoms. The highest BCUT2D eigenvalue weighted by molar-refractivity contribution is 5.76. The van der Waals surface area contributed by atoms with Crippen molar-refractivity contribution in [3.05, 3.63) is 66.0 Å². The summed E-state index contributed by atoms with van der Waals surface area (Å²) in [5, 5.41) is 13.8. The maximum absolute atomic E-state index is 12.8.